The topological polar surface area (TPSA) is 150 Å². The number of benzene rings is 3. The van der Waals surface area contributed by atoms with Crippen LogP contribution in [-0.2, 0) is 0 Å². The van der Waals surface area contributed by atoms with Crippen LogP contribution in [0.4, 0.5) is 11.4 Å². The Hall–Kier alpha value is -4.86. The normalized spacial score (nSPS) is 10.8. The Morgan fingerprint density at radius 3 is 2.44 bits per heavy atom. The highest BCUT2D eigenvalue weighted by atomic mass is 16.5. The van der Waals surface area contributed by atoms with Gasteiger partial charge >= 0.3 is 5.97 Å². The number of carbonyl (C=O) groups is 1. The molecule has 0 unspecified atom stereocenters. The summed E-state index contributed by atoms with van der Waals surface area (Å²) < 4.78 is 11.2. The van der Waals surface area contributed by atoms with Crippen LogP contribution in [0.25, 0.3) is 22.3 Å². The molecule has 0 fully saturated rings. The lowest BCUT2D eigenvalue weighted by atomic mass is 10.1. The van der Waals surface area contributed by atoms with Gasteiger partial charge in [-0.15, -0.1) is 4.91 Å². The minimum atomic E-state index is -0.893. The number of carbonyl (C=O) groups excluding carboxylic acids is 1. The number of aromatic hydroxyl groups is 3. The highest BCUT2D eigenvalue weighted by molar-refractivity contribution is 5.96. The number of fused-ring (bicyclic) bond motifs is 1. The van der Waals surface area contributed by atoms with Crippen LogP contribution in [0.2, 0.25) is 0 Å². The fourth-order valence-electron chi connectivity index (χ4n) is 3.35. The minimum absolute atomic E-state index is 0.0862. The molecule has 0 amide bonds. The molecule has 0 radical (unpaired) electrons. The number of hydrogen-bond acceptors (Lipinski definition) is 10. The van der Waals surface area contributed by atoms with E-state index in [2.05, 4.69) is 5.18 Å². The monoisotopic (exact) mass is 462 g/mol. The molecule has 4 rings (SSSR count). The third-order valence-corrected chi connectivity index (χ3v) is 5.05. The lowest BCUT2D eigenvalue weighted by Crippen LogP contribution is -2.17. The van der Waals surface area contributed by atoms with E-state index in [0.717, 1.165) is 24.3 Å². The Labute approximate surface area is 191 Å². The molecule has 0 bridgehead atoms. The van der Waals surface area contributed by atoms with Gasteiger partial charge in [-0.1, -0.05) is 6.07 Å². The van der Waals surface area contributed by atoms with E-state index >= 15 is 0 Å². The summed E-state index contributed by atoms with van der Waals surface area (Å²) >= 11 is 0. The Kier molecular flexibility index (Phi) is 5.64. The number of hydrogen-bond donors (Lipinski definition) is 3. The predicted molar refractivity (Wildman–Crippen MR) is 124 cm³/mol. The van der Waals surface area contributed by atoms with Crippen molar-refractivity contribution in [3.05, 3.63) is 75.3 Å². The average molecular weight is 462 g/mol. The van der Waals surface area contributed by atoms with Crippen LogP contribution in [-0.4, -0.2) is 35.4 Å². The molecule has 0 spiro atoms. The molecule has 0 saturated carbocycles. The van der Waals surface area contributed by atoms with Crippen molar-refractivity contribution in [3.63, 3.8) is 0 Å². The lowest BCUT2D eigenvalue weighted by Gasteiger charge is -2.14. The van der Waals surface area contributed by atoms with Gasteiger partial charge in [-0.25, -0.2) is 4.79 Å². The number of phenols is 3. The van der Waals surface area contributed by atoms with Crippen molar-refractivity contribution >= 4 is 28.3 Å². The van der Waals surface area contributed by atoms with Gasteiger partial charge in [0, 0.05) is 37.5 Å². The van der Waals surface area contributed by atoms with Crippen LogP contribution in [0.15, 0.2) is 69.0 Å². The Bertz CT molecular complexity index is 1510. The van der Waals surface area contributed by atoms with Gasteiger partial charge < -0.3 is 29.4 Å². The number of nitroso groups, excluding NO2 is 1. The summed E-state index contributed by atoms with van der Waals surface area (Å²) in [6, 6.07) is 12.1. The number of rotatable bonds is 5. The first-order chi connectivity index (χ1) is 16.2. The molecule has 4 aromatic rings. The summed E-state index contributed by atoms with van der Waals surface area (Å²) in [5.41, 5.74) is -0.554. The van der Waals surface area contributed by atoms with Gasteiger partial charge in [0.25, 0.3) is 0 Å². The maximum Gasteiger partial charge on any atom is 0.343 e. The molecule has 34 heavy (non-hydrogen) atoms. The molecule has 3 aromatic carbocycles. The van der Waals surface area contributed by atoms with Crippen molar-refractivity contribution in [1.82, 2.24) is 0 Å². The second-order valence-corrected chi connectivity index (χ2v) is 7.56. The van der Waals surface area contributed by atoms with Crippen molar-refractivity contribution in [3.8, 4) is 34.3 Å². The number of anilines is 1. The third-order valence-electron chi connectivity index (χ3n) is 5.05. The second kappa shape index (κ2) is 8.58. The number of nitrogens with zero attached hydrogens (tertiary/aromatic N) is 2. The van der Waals surface area contributed by atoms with E-state index in [9.17, 15) is 29.8 Å². The van der Waals surface area contributed by atoms with Crippen LogP contribution in [0.3, 0.4) is 0 Å². The average Bonchev–Trinajstić information content (AvgIpc) is 2.81. The third kappa shape index (κ3) is 3.99. The molecule has 0 aliphatic carbocycles. The van der Waals surface area contributed by atoms with Gasteiger partial charge in [-0.05, 0) is 41.6 Å². The van der Waals surface area contributed by atoms with Gasteiger partial charge in [-0.2, -0.15) is 0 Å². The Morgan fingerprint density at radius 2 is 1.76 bits per heavy atom. The molecule has 1 heterocycles. The Morgan fingerprint density at radius 1 is 1.00 bits per heavy atom. The van der Waals surface area contributed by atoms with Crippen LogP contribution in [0.5, 0.6) is 23.0 Å². The molecular formula is C24H18N2O8. The summed E-state index contributed by atoms with van der Waals surface area (Å²) in [4.78, 5) is 39.4. The van der Waals surface area contributed by atoms with E-state index in [1.54, 1.807) is 37.2 Å². The van der Waals surface area contributed by atoms with Crippen LogP contribution < -0.4 is 15.1 Å². The maximum absolute atomic E-state index is 13.4. The Balaban J connectivity index is 1.95. The van der Waals surface area contributed by atoms with Crippen LogP contribution in [0, 0.1) is 4.91 Å². The van der Waals surface area contributed by atoms with Gasteiger partial charge in [0.1, 0.15) is 17.0 Å². The molecule has 0 saturated heterocycles. The van der Waals surface area contributed by atoms with E-state index in [1.165, 1.54) is 12.1 Å². The molecule has 0 aliphatic rings. The van der Waals surface area contributed by atoms with E-state index in [4.69, 9.17) is 9.15 Å². The van der Waals surface area contributed by atoms with Gasteiger partial charge in [0.15, 0.2) is 17.3 Å². The van der Waals surface area contributed by atoms with Crippen molar-refractivity contribution in [1.29, 1.82) is 0 Å². The largest absolute Gasteiger partial charge is 0.508 e. The zero-order valence-electron chi connectivity index (χ0n) is 18.0. The van der Waals surface area contributed by atoms with Gasteiger partial charge in [-0.3, -0.25) is 4.79 Å². The second-order valence-electron chi connectivity index (χ2n) is 7.56. The molecule has 10 heteroatoms. The first kappa shape index (κ1) is 22.3. The maximum atomic E-state index is 13.4. The SMILES string of the molecule is CN(C)c1cccc(C(=O)Oc2c(-c3ccc(O)c(O)c3)oc3cc(O)cc(N=O)c3c2=O)c1. The fourth-order valence-corrected chi connectivity index (χ4v) is 3.35. The zero-order chi connectivity index (χ0) is 24.6. The fraction of sp³-hybridized carbons (Fsp3) is 0.0833. The van der Waals surface area contributed by atoms with Crippen molar-refractivity contribution in [2.24, 2.45) is 5.18 Å². The number of esters is 1. The summed E-state index contributed by atoms with van der Waals surface area (Å²) in [5.74, 6) is -3.02. The lowest BCUT2D eigenvalue weighted by molar-refractivity contribution is 0.0731. The van der Waals surface area contributed by atoms with E-state index in [-0.39, 0.29) is 33.6 Å². The predicted octanol–water partition coefficient (Wildman–Crippen LogP) is 4.26. The molecule has 1 aromatic heterocycles. The first-order valence-electron chi connectivity index (χ1n) is 9.88. The molecular weight excluding hydrogens is 444 g/mol. The first-order valence-corrected chi connectivity index (χ1v) is 9.88. The standard InChI is InChI=1S/C24H18N2O8/c1-26(2)14-5-3-4-13(8-14)24(31)34-23-21(30)20-16(25-32)10-15(27)11-19(20)33-22(23)12-6-7-17(28)18(29)9-12/h3-11,27-29H,1-2H3. The summed E-state index contributed by atoms with van der Waals surface area (Å²) in [6.07, 6.45) is 0. The molecule has 172 valence electrons. The molecule has 10 nitrogen and oxygen atoms in total. The van der Waals surface area contributed by atoms with Crippen molar-refractivity contribution in [2.75, 3.05) is 19.0 Å². The number of ether oxygens (including phenoxy) is 1. The zero-order valence-corrected chi connectivity index (χ0v) is 18.0. The molecule has 0 atom stereocenters. The molecule has 0 aliphatic heterocycles. The van der Waals surface area contributed by atoms with Crippen LogP contribution in [0.1, 0.15) is 10.4 Å². The highest BCUT2D eigenvalue weighted by Crippen LogP contribution is 2.38. The van der Waals surface area contributed by atoms with E-state index in [1.807, 2.05) is 0 Å². The van der Waals surface area contributed by atoms with Crippen LogP contribution >= 0.6 is 0 Å². The smallest absolute Gasteiger partial charge is 0.343 e. The molecule has 3 N–H and O–H groups in total. The van der Waals surface area contributed by atoms with E-state index < -0.39 is 34.3 Å². The quantitative estimate of drug-likeness (QED) is 0.224. The van der Waals surface area contributed by atoms with E-state index in [0.29, 0.717) is 5.69 Å². The van der Waals surface area contributed by atoms with Gasteiger partial charge in [0.2, 0.25) is 11.2 Å². The van der Waals surface area contributed by atoms with Gasteiger partial charge in [0.05, 0.1) is 10.9 Å². The summed E-state index contributed by atoms with van der Waals surface area (Å²) in [6.45, 7) is 0. The highest BCUT2D eigenvalue weighted by Gasteiger charge is 2.24. The minimum Gasteiger partial charge on any atom is -0.508 e. The van der Waals surface area contributed by atoms with Crippen molar-refractivity contribution in [2.45, 2.75) is 0 Å². The summed E-state index contributed by atoms with van der Waals surface area (Å²) in [5, 5.41) is 31.9. The van der Waals surface area contributed by atoms with Crippen molar-refractivity contribution < 1.29 is 29.3 Å². The number of phenolic OH excluding ortho intramolecular Hbond substituents is 3. The summed E-state index contributed by atoms with van der Waals surface area (Å²) in [7, 11) is 3.59.